The zero-order chi connectivity index (χ0) is 11.4. The first-order valence-electron chi connectivity index (χ1n) is 6.49. The van der Waals surface area contributed by atoms with Crippen molar-refractivity contribution >= 4 is 5.97 Å². The van der Waals surface area contributed by atoms with Crippen LogP contribution in [0.2, 0.25) is 0 Å². The molecule has 2 nitrogen and oxygen atoms in total. The largest absolute Gasteiger partial charge is 0.481 e. The Bertz CT molecular complexity index is 144. The minimum atomic E-state index is -0.658. The maximum Gasteiger partial charge on any atom is 0.303 e. The Morgan fingerprint density at radius 2 is 1.19 bits per heavy atom. The number of rotatable bonds is 11. The molecular formula is C14H30O2. The molecule has 0 aliphatic rings. The molecule has 0 aliphatic carbocycles. The van der Waals surface area contributed by atoms with Crippen LogP contribution in [-0.4, -0.2) is 11.1 Å². The molecule has 98 valence electrons. The van der Waals surface area contributed by atoms with E-state index in [0.717, 1.165) is 12.8 Å². The van der Waals surface area contributed by atoms with Gasteiger partial charge in [0.1, 0.15) is 0 Å². The van der Waals surface area contributed by atoms with E-state index < -0.39 is 5.97 Å². The van der Waals surface area contributed by atoms with E-state index >= 15 is 0 Å². The maximum atomic E-state index is 10.2. The van der Waals surface area contributed by atoms with Crippen LogP contribution in [0.15, 0.2) is 0 Å². The van der Waals surface area contributed by atoms with Gasteiger partial charge in [-0.2, -0.15) is 0 Å². The van der Waals surface area contributed by atoms with Gasteiger partial charge in [-0.3, -0.25) is 4.79 Å². The standard InChI is InChI=1S/C13H26O2.CH4/c1-2-3-4-5-6-7-8-9-10-11-12-13(14)15;/h2-12H2,1H3,(H,14,15);1H4. The van der Waals surface area contributed by atoms with Crippen molar-refractivity contribution in [3.8, 4) is 0 Å². The SMILES string of the molecule is C.CCCCCCCCCCCCC(=O)O. The fourth-order valence-electron chi connectivity index (χ4n) is 1.76. The first-order valence-corrected chi connectivity index (χ1v) is 6.49. The Labute approximate surface area is 101 Å². The topological polar surface area (TPSA) is 37.3 Å². The van der Waals surface area contributed by atoms with Crippen LogP contribution in [0.25, 0.3) is 0 Å². The van der Waals surface area contributed by atoms with E-state index in [4.69, 9.17) is 5.11 Å². The van der Waals surface area contributed by atoms with Crippen molar-refractivity contribution < 1.29 is 9.90 Å². The summed E-state index contributed by atoms with van der Waals surface area (Å²) in [6, 6.07) is 0. The number of carboxylic acids is 1. The molecular weight excluding hydrogens is 200 g/mol. The normalized spacial score (nSPS) is 9.81. The second kappa shape index (κ2) is 14.5. The Hall–Kier alpha value is -0.530. The maximum absolute atomic E-state index is 10.2. The quantitative estimate of drug-likeness (QED) is 0.506. The van der Waals surface area contributed by atoms with Gasteiger partial charge in [-0.15, -0.1) is 0 Å². The predicted octanol–water partition coefficient (Wildman–Crippen LogP) is 5.02. The molecule has 0 aromatic rings. The smallest absolute Gasteiger partial charge is 0.303 e. The molecule has 0 unspecified atom stereocenters. The lowest BCUT2D eigenvalue weighted by molar-refractivity contribution is -0.137. The first-order chi connectivity index (χ1) is 7.27. The Kier molecular flexibility index (Phi) is 16.1. The molecule has 16 heavy (non-hydrogen) atoms. The molecule has 0 fully saturated rings. The van der Waals surface area contributed by atoms with Gasteiger partial charge in [-0.05, 0) is 6.42 Å². The highest BCUT2D eigenvalue weighted by atomic mass is 16.4. The van der Waals surface area contributed by atoms with Gasteiger partial charge in [0, 0.05) is 6.42 Å². The van der Waals surface area contributed by atoms with Gasteiger partial charge in [0.15, 0.2) is 0 Å². The number of carboxylic acid groups (broad SMARTS) is 1. The molecule has 2 heteroatoms. The highest BCUT2D eigenvalue weighted by molar-refractivity contribution is 5.66. The number of unbranched alkanes of at least 4 members (excludes halogenated alkanes) is 9. The Morgan fingerprint density at radius 3 is 1.56 bits per heavy atom. The van der Waals surface area contributed by atoms with E-state index in [1.165, 1.54) is 51.4 Å². The van der Waals surface area contributed by atoms with Crippen LogP contribution >= 0.6 is 0 Å². The lowest BCUT2D eigenvalue weighted by atomic mass is 10.1. The van der Waals surface area contributed by atoms with Crippen LogP contribution in [0.4, 0.5) is 0 Å². The predicted molar refractivity (Wildman–Crippen MR) is 70.8 cm³/mol. The highest BCUT2D eigenvalue weighted by Crippen LogP contribution is 2.10. The van der Waals surface area contributed by atoms with Gasteiger partial charge >= 0.3 is 5.97 Å². The van der Waals surface area contributed by atoms with Crippen molar-refractivity contribution in [3.63, 3.8) is 0 Å². The lowest BCUT2D eigenvalue weighted by Crippen LogP contribution is -1.93. The number of carbonyl (C=O) groups is 1. The highest BCUT2D eigenvalue weighted by Gasteiger charge is 1.96. The van der Waals surface area contributed by atoms with E-state index in [1.807, 2.05) is 0 Å². The molecule has 1 N–H and O–H groups in total. The van der Waals surface area contributed by atoms with Gasteiger partial charge in [-0.25, -0.2) is 0 Å². The number of hydrogen-bond donors (Lipinski definition) is 1. The van der Waals surface area contributed by atoms with Crippen molar-refractivity contribution in [1.82, 2.24) is 0 Å². The van der Waals surface area contributed by atoms with Crippen molar-refractivity contribution in [2.45, 2.75) is 85.0 Å². The van der Waals surface area contributed by atoms with Crippen molar-refractivity contribution in [1.29, 1.82) is 0 Å². The third-order valence-corrected chi connectivity index (χ3v) is 2.74. The van der Waals surface area contributed by atoms with E-state index in [0.29, 0.717) is 6.42 Å². The second-order valence-corrected chi connectivity index (χ2v) is 4.33. The summed E-state index contributed by atoms with van der Waals surface area (Å²) in [7, 11) is 0. The molecule has 0 bridgehead atoms. The molecule has 0 atom stereocenters. The van der Waals surface area contributed by atoms with Crippen LogP contribution in [0.3, 0.4) is 0 Å². The molecule has 0 spiro atoms. The zero-order valence-electron chi connectivity index (χ0n) is 10.1. The van der Waals surface area contributed by atoms with Gasteiger partial charge in [-0.1, -0.05) is 72.1 Å². The van der Waals surface area contributed by atoms with Gasteiger partial charge < -0.3 is 5.11 Å². The first kappa shape index (κ1) is 17.9. The Morgan fingerprint density at radius 1 is 0.812 bits per heavy atom. The van der Waals surface area contributed by atoms with E-state index in [2.05, 4.69) is 6.92 Å². The van der Waals surface area contributed by atoms with Crippen molar-refractivity contribution in [2.24, 2.45) is 0 Å². The summed E-state index contributed by atoms with van der Waals surface area (Å²) < 4.78 is 0. The van der Waals surface area contributed by atoms with E-state index in [-0.39, 0.29) is 7.43 Å². The van der Waals surface area contributed by atoms with Crippen LogP contribution < -0.4 is 0 Å². The molecule has 0 saturated carbocycles. The van der Waals surface area contributed by atoms with Gasteiger partial charge in [0.2, 0.25) is 0 Å². The number of aliphatic carboxylic acids is 1. The molecule has 0 aromatic carbocycles. The fraction of sp³-hybridized carbons (Fsp3) is 0.929. The van der Waals surface area contributed by atoms with Crippen LogP contribution in [0.1, 0.15) is 85.0 Å². The fourth-order valence-corrected chi connectivity index (χ4v) is 1.76. The molecule has 0 aliphatic heterocycles. The van der Waals surface area contributed by atoms with Gasteiger partial charge in [0.25, 0.3) is 0 Å². The van der Waals surface area contributed by atoms with Crippen LogP contribution in [-0.2, 0) is 4.79 Å². The summed E-state index contributed by atoms with van der Waals surface area (Å²) >= 11 is 0. The summed E-state index contributed by atoms with van der Waals surface area (Å²) in [5.74, 6) is -0.658. The summed E-state index contributed by atoms with van der Waals surface area (Å²) in [6.07, 6.45) is 12.9. The summed E-state index contributed by atoms with van der Waals surface area (Å²) in [5, 5.41) is 8.44. The third kappa shape index (κ3) is 15.9. The van der Waals surface area contributed by atoms with Crippen molar-refractivity contribution in [3.05, 3.63) is 0 Å². The summed E-state index contributed by atoms with van der Waals surface area (Å²) in [4.78, 5) is 10.2. The van der Waals surface area contributed by atoms with Crippen LogP contribution in [0, 0.1) is 0 Å². The summed E-state index contributed by atoms with van der Waals surface area (Å²) in [6.45, 7) is 2.24. The van der Waals surface area contributed by atoms with Gasteiger partial charge in [0.05, 0.1) is 0 Å². The molecule has 0 amide bonds. The van der Waals surface area contributed by atoms with Crippen LogP contribution in [0.5, 0.6) is 0 Å². The lowest BCUT2D eigenvalue weighted by Gasteiger charge is -2.01. The second-order valence-electron chi connectivity index (χ2n) is 4.33. The zero-order valence-corrected chi connectivity index (χ0v) is 10.1. The Balaban J connectivity index is 0. The van der Waals surface area contributed by atoms with E-state index in [9.17, 15) is 4.79 Å². The molecule has 0 heterocycles. The minimum Gasteiger partial charge on any atom is -0.481 e. The monoisotopic (exact) mass is 230 g/mol. The average molecular weight is 230 g/mol. The van der Waals surface area contributed by atoms with E-state index in [1.54, 1.807) is 0 Å². The minimum absolute atomic E-state index is 0. The van der Waals surface area contributed by atoms with Crippen molar-refractivity contribution in [2.75, 3.05) is 0 Å². The third-order valence-electron chi connectivity index (χ3n) is 2.74. The molecule has 0 aromatic heterocycles. The summed E-state index contributed by atoms with van der Waals surface area (Å²) in [5.41, 5.74) is 0. The average Bonchev–Trinajstić information content (AvgIpc) is 2.20. The number of hydrogen-bond acceptors (Lipinski definition) is 1. The molecule has 0 rings (SSSR count). The molecule has 0 radical (unpaired) electrons. The molecule has 0 saturated heterocycles.